The number of ether oxygens (including phenoxy) is 2. The lowest BCUT2D eigenvalue weighted by atomic mass is 10.1. The molecule has 0 aromatic heterocycles. The van der Waals surface area contributed by atoms with Crippen molar-refractivity contribution in [2.24, 2.45) is 0 Å². The highest BCUT2D eigenvalue weighted by atomic mass is 16.5. The van der Waals surface area contributed by atoms with Crippen LogP contribution in [-0.2, 0) is 13.0 Å². The van der Waals surface area contributed by atoms with E-state index in [1.807, 2.05) is 18.2 Å². The Labute approximate surface area is 163 Å². The van der Waals surface area contributed by atoms with Crippen LogP contribution in [0.1, 0.15) is 11.1 Å². The normalized spacial score (nSPS) is 19.4. The largest absolute Gasteiger partial charge is 0.493 e. The molecule has 1 heterocycles. The Morgan fingerprint density at radius 2 is 1.67 bits per heavy atom. The molecule has 1 aliphatic heterocycles. The second kappa shape index (κ2) is 10.1. The van der Waals surface area contributed by atoms with E-state index in [1.54, 1.807) is 16.9 Å². The summed E-state index contributed by atoms with van der Waals surface area (Å²) in [7, 11) is 1.69. The van der Waals surface area contributed by atoms with Crippen LogP contribution in [0.5, 0.6) is 11.5 Å². The van der Waals surface area contributed by atoms with E-state index in [4.69, 9.17) is 9.47 Å². The van der Waals surface area contributed by atoms with Gasteiger partial charge < -0.3 is 19.3 Å². The van der Waals surface area contributed by atoms with E-state index in [0.717, 1.165) is 37.6 Å². The molecule has 2 N–H and O–H groups in total. The third-order valence-corrected chi connectivity index (χ3v) is 5.28. The Kier molecular flexibility index (Phi) is 7.31. The number of nitrogens with one attached hydrogen (secondary N) is 2. The van der Waals surface area contributed by atoms with Gasteiger partial charge in [0, 0.05) is 5.56 Å². The van der Waals surface area contributed by atoms with Gasteiger partial charge in [0.25, 0.3) is 0 Å². The van der Waals surface area contributed by atoms with Crippen molar-refractivity contribution in [3.8, 4) is 11.5 Å². The molecule has 4 nitrogen and oxygen atoms in total. The lowest BCUT2D eigenvalue weighted by Crippen LogP contribution is -3.27. The van der Waals surface area contributed by atoms with Crippen LogP contribution in [0.4, 0.5) is 0 Å². The molecule has 0 radical (unpaired) electrons. The van der Waals surface area contributed by atoms with Gasteiger partial charge in [-0.2, -0.15) is 0 Å². The highest BCUT2D eigenvalue weighted by molar-refractivity contribution is 5.43. The van der Waals surface area contributed by atoms with E-state index in [1.165, 1.54) is 37.3 Å². The zero-order chi connectivity index (χ0) is 18.9. The molecule has 0 atom stereocenters. The molecule has 0 unspecified atom stereocenters. The Hall–Kier alpha value is -2.30. The van der Waals surface area contributed by atoms with Gasteiger partial charge in [0.15, 0.2) is 11.5 Å². The number of piperazine rings is 1. The van der Waals surface area contributed by atoms with Gasteiger partial charge in [-0.1, -0.05) is 42.5 Å². The lowest BCUT2D eigenvalue weighted by Gasteiger charge is -2.29. The van der Waals surface area contributed by atoms with Gasteiger partial charge in [-0.3, -0.25) is 0 Å². The minimum Gasteiger partial charge on any atom is -0.493 e. The second-order valence-electron chi connectivity index (χ2n) is 7.24. The molecule has 4 heteroatoms. The van der Waals surface area contributed by atoms with Crippen molar-refractivity contribution >= 4 is 0 Å². The van der Waals surface area contributed by atoms with Crippen LogP contribution in [0.2, 0.25) is 0 Å². The van der Waals surface area contributed by atoms with Crippen LogP contribution in [-0.4, -0.2) is 46.4 Å². The zero-order valence-electron chi connectivity index (χ0n) is 16.4. The number of quaternary nitrogens is 2. The highest BCUT2D eigenvalue weighted by Crippen LogP contribution is 2.28. The third kappa shape index (κ3) is 5.84. The van der Waals surface area contributed by atoms with E-state index < -0.39 is 0 Å². The second-order valence-corrected chi connectivity index (χ2v) is 7.24. The Morgan fingerprint density at radius 3 is 2.37 bits per heavy atom. The first-order valence-corrected chi connectivity index (χ1v) is 9.90. The molecule has 0 spiro atoms. The Bertz CT molecular complexity index is 710. The summed E-state index contributed by atoms with van der Waals surface area (Å²) in [6.07, 6.45) is 2.74. The molecule has 2 aromatic rings. The predicted octanol–water partition coefficient (Wildman–Crippen LogP) is 0.786. The maximum absolute atomic E-state index is 6.01. The van der Waals surface area contributed by atoms with E-state index in [0.29, 0.717) is 0 Å². The molecule has 0 bridgehead atoms. The van der Waals surface area contributed by atoms with Gasteiger partial charge in [-0.25, -0.2) is 0 Å². The number of rotatable bonds is 9. The van der Waals surface area contributed by atoms with Gasteiger partial charge in [0.1, 0.15) is 45.9 Å². The summed E-state index contributed by atoms with van der Waals surface area (Å²) in [5.41, 5.74) is 2.63. The molecule has 0 amide bonds. The number of benzene rings is 2. The van der Waals surface area contributed by atoms with E-state index in [-0.39, 0.29) is 0 Å². The van der Waals surface area contributed by atoms with Crippen molar-refractivity contribution in [3.63, 3.8) is 0 Å². The highest BCUT2D eigenvalue weighted by Gasteiger charge is 2.22. The van der Waals surface area contributed by atoms with Crippen LogP contribution in [0.25, 0.3) is 0 Å². The first-order chi connectivity index (χ1) is 13.3. The van der Waals surface area contributed by atoms with E-state index >= 15 is 0 Å². The lowest BCUT2D eigenvalue weighted by molar-refractivity contribution is -1.02. The molecule has 1 fully saturated rings. The van der Waals surface area contributed by atoms with Gasteiger partial charge in [-0.05, 0) is 24.1 Å². The fourth-order valence-electron chi connectivity index (χ4n) is 3.70. The number of methoxy groups -OCH3 is 1. The molecule has 1 aliphatic rings. The van der Waals surface area contributed by atoms with Crippen molar-refractivity contribution in [1.29, 1.82) is 0 Å². The molecular weight excluding hydrogens is 336 g/mol. The monoisotopic (exact) mass is 368 g/mol. The van der Waals surface area contributed by atoms with Crippen LogP contribution in [0.15, 0.2) is 61.2 Å². The maximum Gasteiger partial charge on any atom is 0.161 e. The molecule has 0 aliphatic carbocycles. The van der Waals surface area contributed by atoms with E-state index in [2.05, 4.69) is 43.0 Å². The van der Waals surface area contributed by atoms with Crippen LogP contribution in [0, 0.1) is 0 Å². The van der Waals surface area contributed by atoms with Crippen LogP contribution < -0.4 is 19.3 Å². The van der Waals surface area contributed by atoms with Gasteiger partial charge in [-0.15, -0.1) is 6.58 Å². The Morgan fingerprint density at radius 1 is 0.926 bits per heavy atom. The van der Waals surface area contributed by atoms with Crippen LogP contribution in [0.3, 0.4) is 0 Å². The summed E-state index contributed by atoms with van der Waals surface area (Å²) in [5, 5.41) is 0. The summed E-state index contributed by atoms with van der Waals surface area (Å²) in [5.74, 6) is 1.64. The molecule has 0 saturated carbocycles. The average molecular weight is 369 g/mol. The van der Waals surface area contributed by atoms with Crippen molar-refractivity contribution in [3.05, 3.63) is 72.3 Å². The third-order valence-electron chi connectivity index (χ3n) is 5.28. The fourth-order valence-corrected chi connectivity index (χ4v) is 3.70. The first-order valence-electron chi connectivity index (χ1n) is 9.90. The van der Waals surface area contributed by atoms with Crippen molar-refractivity contribution in [2.45, 2.75) is 13.0 Å². The minimum atomic E-state index is 0.723. The zero-order valence-corrected chi connectivity index (χ0v) is 16.4. The number of hydrogen-bond donors (Lipinski definition) is 2. The minimum absolute atomic E-state index is 0.723. The topological polar surface area (TPSA) is 27.3 Å². The summed E-state index contributed by atoms with van der Waals surface area (Å²) >= 11 is 0. The average Bonchev–Trinajstić information content (AvgIpc) is 2.71. The smallest absolute Gasteiger partial charge is 0.161 e. The van der Waals surface area contributed by atoms with Crippen LogP contribution >= 0.6 is 0 Å². The molecule has 3 rings (SSSR count). The van der Waals surface area contributed by atoms with Crippen molar-refractivity contribution < 1.29 is 19.3 Å². The standard InChI is InChI=1S/C23H30N2O2/c1-3-7-20-10-11-22(23(18-20)26-2)27-17-16-24-12-14-25(15-13-24)19-21-8-5-4-6-9-21/h3-6,8-11,18H,1,7,12-17,19H2,2H3/p+2. The SMILES string of the molecule is C=CCc1ccc(OCC[NH+]2CC[NH+](Cc3ccccc3)CC2)c(OC)c1. The fraction of sp³-hybridized carbons (Fsp3) is 0.391. The molecule has 1 saturated heterocycles. The Balaban J connectivity index is 1.41. The molecular formula is C23H32N2O2+2. The molecule has 144 valence electrons. The van der Waals surface area contributed by atoms with Gasteiger partial charge >= 0.3 is 0 Å². The maximum atomic E-state index is 6.01. The molecule has 2 aromatic carbocycles. The summed E-state index contributed by atoms with van der Waals surface area (Å²) in [6.45, 7) is 11.6. The number of allylic oxidation sites excluding steroid dienone is 1. The summed E-state index contributed by atoms with van der Waals surface area (Å²) in [6, 6.07) is 16.9. The van der Waals surface area contributed by atoms with Gasteiger partial charge in [0.2, 0.25) is 0 Å². The summed E-state index contributed by atoms with van der Waals surface area (Å²) in [4.78, 5) is 3.32. The summed E-state index contributed by atoms with van der Waals surface area (Å²) < 4.78 is 11.5. The van der Waals surface area contributed by atoms with Gasteiger partial charge in [0.05, 0.1) is 7.11 Å². The molecule has 27 heavy (non-hydrogen) atoms. The predicted molar refractivity (Wildman–Crippen MR) is 109 cm³/mol. The quantitative estimate of drug-likeness (QED) is 0.641. The van der Waals surface area contributed by atoms with Crippen molar-refractivity contribution in [1.82, 2.24) is 0 Å². The van der Waals surface area contributed by atoms with E-state index in [9.17, 15) is 0 Å². The first kappa shape index (κ1) is 19.5. The number of hydrogen-bond acceptors (Lipinski definition) is 2. The van der Waals surface area contributed by atoms with Crippen molar-refractivity contribution in [2.75, 3.05) is 46.4 Å².